The molecule has 27 heavy (non-hydrogen) atoms. The molecule has 0 saturated carbocycles. The first-order chi connectivity index (χ1) is 13.2. The maximum Gasteiger partial charge on any atom is 0.261 e. The summed E-state index contributed by atoms with van der Waals surface area (Å²) in [4.78, 5) is 13.3. The van der Waals surface area contributed by atoms with Crippen molar-refractivity contribution in [1.29, 1.82) is 0 Å². The Hall–Kier alpha value is -3.05. The number of thiophene rings is 1. The van der Waals surface area contributed by atoms with Gasteiger partial charge in [0.1, 0.15) is 10.8 Å². The molecule has 0 fully saturated rings. The molecule has 0 spiro atoms. The van der Waals surface area contributed by atoms with Crippen molar-refractivity contribution in [2.45, 2.75) is 13.5 Å². The molecule has 0 atom stereocenters. The van der Waals surface area contributed by atoms with Gasteiger partial charge in [0.2, 0.25) is 0 Å². The smallest absolute Gasteiger partial charge is 0.261 e. The van der Waals surface area contributed by atoms with Crippen LogP contribution in [0.4, 0.5) is 0 Å². The zero-order chi connectivity index (χ0) is 18.8. The van der Waals surface area contributed by atoms with Gasteiger partial charge in [0.25, 0.3) is 5.91 Å². The van der Waals surface area contributed by atoms with Crippen LogP contribution in [0.25, 0.3) is 15.9 Å². The second-order valence-electron chi connectivity index (χ2n) is 6.35. The molecule has 1 N–H and O–H groups in total. The topological polar surface area (TPSA) is 43.3 Å². The minimum atomic E-state index is -0.0665. The fourth-order valence-corrected chi connectivity index (χ4v) is 4.20. The van der Waals surface area contributed by atoms with Crippen molar-refractivity contribution < 1.29 is 9.53 Å². The van der Waals surface area contributed by atoms with Crippen molar-refractivity contribution in [2.24, 2.45) is 0 Å². The molecule has 4 rings (SSSR count). The summed E-state index contributed by atoms with van der Waals surface area (Å²) in [5.74, 6) is 0.721. The Morgan fingerprint density at radius 3 is 2.78 bits per heavy atom. The fourth-order valence-electron chi connectivity index (χ4n) is 3.21. The Morgan fingerprint density at radius 1 is 1.07 bits per heavy atom. The van der Waals surface area contributed by atoms with Crippen molar-refractivity contribution in [1.82, 2.24) is 9.88 Å². The number of carbonyl (C=O) groups is 1. The van der Waals surface area contributed by atoms with Crippen LogP contribution >= 0.6 is 11.3 Å². The molecule has 4 aromatic rings. The fraction of sp³-hybridized carbons (Fsp3) is 0.136. The van der Waals surface area contributed by atoms with E-state index >= 15 is 0 Å². The molecular weight excluding hydrogens is 356 g/mol. The number of aromatic nitrogens is 1. The molecule has 5 heteroatoms. The van der Waals surface area contributed by atoms with Crippen LogP contribution in [0, 0.1) is 6.92 Å². The molecule has 4 nitrogen and oxygen atoms in total. The molecule has 0 aliphatic rings. The van der Waals surface area contributed by atoms with Crippen LogP contribution < -0.4 is 10.1 Å². The van der Waals surface area contributed by atoms with Crippen LogP contribution in [-0.2, 0) is 6.54 Å². The first-order valence-electron chi connectivity index (χ1n) is 8.74. The lowest BCUT2D eigenvalue weighted by molar-refractivity contribution is 0.0955. The van der Waals surface area contributed by atoms with Crippen LogP contribution in [-0.4, -0.2) is 17.6 Å². The Labute approximate surface area is 162 Å². The predicted octanol–water partition coefficient (Wildman–Crippen LogP) is 4.94. The maximum atomic E-state index is 12.6. The number of para-hydroxylation sites is 1. The van der Waals surface area contributed by atoms with Gasteiger partial charge in [-0.05, 0) is 48.9 Å². The van der Waals surface area contributed by atoms with Crippen LogP contribution in [0.2, 0.25) is 0 Å². The van der Waals surface area contributed by atoms with Crippen molar-refractivity contribution in [2.75, 3.05) is 7.11 Å². The predicted molar refractivity (Wildman–Crippen MR) is 110 cm³/mol. The van der Waals surface area contributed by atoms with E-state index in [0.717, 1.165) is 27.5 Å². The number of fused-ring (bicyclic) bond motifs is 1. The summed E-state index contributed by atoms with van der Waals surface area (Å²) in [7, 11) is 1.64. The number of nitrogens with zero attached hydrogens (tertiary/aromatic N) is 1. The third-order valence-corrected chi connectivity index (χ3v) is 5.59. The van der Waals surface area contributed by atoms with Gasteiger partial charge in [0, 0.05) is 17.6 Å². The third-order valence-electron chi connectivity index (χ3n) is 4.52. The van der Waals surface area contributed by atoms with E-state index < -0.39 is 0 Å². The first kappa shape index (κ1) is 17.4. The highest BCUT2D eigenvalue weighted by molar-refractivity contribution is 7.16. The third kappa shape index (κ3) is 3.46. The normalized spacial score (nSPS) is 10.9. The summed E-state index contributed by atoms with van der Waals surface area (Å²) in [6.45, 7) is 2.55. The summed E-state index contributed by atoms with van der Waals surface area (Å²) in [5, 5.41) is 5.23. The molecule has 1 amide bonds. The number of rotatable bonds is 5. The van der Waals surface area contributed by atoms with E-state index in [4.69, 9.17) is 4.74 Å². The number of aryl methyl sites for hydroxylation is 1. The standard InChI is InChI=1S/C22H20N2O2S/c1-15-12-17-7-3-4-9-19(17)24(15)21-11-10-20(27-21)22(25)23-14-16-6-5-8-18(13-16)26-2/h3-13H,14H2,1-2H3,(H,23,25). The van der Waals surface area contributed by atoms with E-state index in [1.807, 2.05) is 48.5 Å². The summed E-state index contributed by atoms with van der Waals surface area (Å²) in [6.07, 6.45) is 0. The van der Waals surface area contributed by atoms with Crippen molar-refractivity contribution >= 4 is 28.1 Å². The number of hydrogen-bond acceptors (Lipinski definition) is 3. The van der Waals surface area contributed by atoms with Crippen LogP contribution in [0.5, 0.6) is 5.75 Å². The lowest BCUT2D eigenvalue weighted by Gasteiger charge is -2.06. The first-order valence-corrected chi connectivity index (χ1v) is 9.56. The number of ether oxygens (including phenoxy) is 1. The largest absolute Gasteiger partial charge is 0.497 e. The average molecular weight is 376 g/mol. The molecule has 136 valence electrons. The van der Waals surface area contributed by atoms with Crippen molar-refractivity contribution in [3.05, 3.63) is 82.9 Å². The van der Waals surface area contributed by atoms with E-state index in [1.54, 1.807) is 7.11 Å². The van der Waals surface area contributed by atoms with Gasteiger partial charge in [-0.2, -0.15) is 0 Å². The van der Waals surface area contributed by atoms with Gasteiger partial charge in [-0.3, -0.25) is 4.79 Å². The molecule has 0 saturated heterocycles. The second kappa shape index (κ2) is 7.29. The number of nitrogens with one attached hydrogen (secondary N) is 1. The van der Waals surface area contributed by atoms with E-state index in [1.165, 1.54) is 16.7 Å². The molecule has 0 bridgehead atoms. The van der Waals surface area contributed by atoms with E-state index in [0.29, 0.717) is 11.4 Å². The van der Waals surface area contributed by atoms with Gasteiger partial charge >= 0.3 is 0 Å². The highest BCUT2D eigenvalue weighted by Gasteiger charge is 2.13. The highest BCUT2D eigenvalue weighted by Crippen LogP contribution is 2.28. The summed E-state index contributed by atoms with van der Waals surface area (Å²) in [5.41, 5.74) is 3.31. The van der Waals surface area contributed by atoms with E-state index in [2.05, 4.69) is 35.0 Å². The van der Waals surface area contributed by atoms with Gasteiger partial charge in [0.15, 0.2) is 0 Å². The SMILES string of the molecule is COc1cccc(CNC(=O)c2ccc(-n3c(C)cc4ccccc43)s2)c1. The quantitative estimate of drug-likeness (QED) is 0.536. The lowest BCUT2D eigenvalue weighted by Crippen LogP contribution is -2.21. The number of carbonyl (C=O) groups excluding carboxylic acids is 1. The molecule has 0 aliphatic carbocycles. The molecule has 2 heterocycles. The van der Waals surface area contributed by atoms with Crippen molar-refractivity contribution in [3.8, 4) is 10.8 Å². The number of benzene rings is 2. The minimum absolute atomic E-state index is 0.0665. The second-order valence-corrected chi connectivity index (χ2v) is 7.41. The average Bonchev–Trinajstić information content (AvgIpc) is 3.29. The summed E-state index contributed by atoms with van der Waals surface area (Å²) >= 11 is 1.50. The van der Waals surface area contributed by atoms with Gasteiger partial charge in [-0.15, -0.1) is 11.3 Å². The Morgan fingerprint density at radius 2 is 1.93 bits per heavy atom. The Balaban J connectivity index is 1.53. The lowest BCUT2D eigenvalue weighted by atomic mass is 10.2. The monoisotopic (exact) mass is 376 g/mol. The zero-order valence-electron chi connectivity index (χ0n) is 15.2. The Kier molecular flexibility index (Phi) is 4.69. The number of hydrogen-bond donors (Lipinski definition) is 1. The molecule has 2 aromatic heterocycles. The molecule has 0 unspecified atom stereocenters. The molecule has 2 aromatic carbocycles. The van der Waals surface area contributed by atoms with Gasteiger partial charge in [0.05, 0.1) is 17.5 Å². The maximum absolute atomic E-state index is 12.6. The van der Waals surface area contributed by atoms with Crippen LogP contribution in [0.3, 0.4) is 0 Å². The summed E-state index contributed by atoms with van der Waals surface area (Å²) < 4.78 is 7.42. The van der Waals surface area contributed by atoms with E-state index in [9.17, 15) is 4.79 Å². The van der Waals surface area contributed by atoms with E-state index in [-0.39, 0.29) is 5.91 Å². The van der Waals surface area contributed by atoms with Gasteiger partial charge in [-0.1, -0.05) is 30.3 Å². The van der Waals surface area contributed by atoms with Gasteiger partial charge < -0.3 is 14.6 Å². The van der Waals surface area contributed by atoms with Crippen LogP contribution in [0.15, 0.2) is 66.7 Å². The molecule has 0 aliphatic heterocycles. The highest BCUT2D eigenvalue weighted by atomic mass is 32.1. The van der Waals surface area contributed by atoms with Crippen LogP contribution in [0.1, 0.15) is 20.9 Å². The minimum Gasteiger partial charge on any atom is -0.497 e. The number of amides is 1. The number of methoxy groups -OCH3 is 1. The Bertz CT molecular complexity index is 1110. The molecule has 0 radical (unpaired) electrons. The molecular formula is C22H20N2O2S. The summed E-state index contributed by atoms with van der Waals surface area (Å²) in [6, 6.07) is 22.0. The zero-order valence-corrected chi connectivity index (χ0v) is 16.0. The van der Waals surface area contributed by atoms with Crippen molar-refractivity contribution in [3.63, 3.8) is 0 Å². The van der Waals surface area contributed by atoms with Gasteiger partial charge in [-0.25, -0.2) is 0 Å².